The average Bonchev–Trinajstić information content (AvgIpc) is 2.90. The van der Waals surface area contributed by atoms with Crippen molar-refractivity contribution in [2.45, 2.75) is 82.9 Å². The smallest absolute Gasteiger partial charge is 0.253 e. The summed E-state index contributed by atoms with van der Waals surface area (Å²) in [6.07, 6.45) is 8.22. The molecule has 0 unspecified atom stereocenters. The molecule has 36 heavy (non-hydrogen) atoms. The molecule has 7 heteroatoms. The van der Waals surface area contributed by atoms with Gasteiger partial charge in [0, 0.05) is 42.2 Å². The number of morpholine rings is 1. The lowest BCUT2D eigenvalue weighted by Crippen LogP contribution is -2.60. The number of aromatic amines is 1. The van der Waals surface area contributed by atoms with E-state index in [1.165, 1.54) is 19.3 Å². The fourth-order valence-electron chi connectivity index (χ4n) is 6.66. The van der Waals surface area contributed by atoms with Crippen molar-refractivity contribution in [3.8, 4) is 0 Å². The second-order valence-electron chi connectivity index (χ2n) is 11.3. The maximum atomic E-state index is 14.0. The van der Waals surface area contributed by atoms with Gasteiger partial charge in [-0.3, -0.25) is 14.5 Å². The summed E-state index contributed by atoms with van der Waals surface area (Å²) < 4.78 is 5.66. The summed E-state index contributed by atoms with van der Waals surface area (Å²) in [6.45, 7) is 6.28. The molecule has 1 aliphatic heterocycles. The number of carbonyl (C=O) groups excluding carboxylic acids is 1. The molecule has 2 N–H and O–H groups in total. The van der Waals surface area contributed by atoms with Gasteiger partial charge in [0.05, 0.1) is 25.9 Å². The Labute approximate surface area is 213 Å². The molecule has 0 spiro atoms. The van der Waals surface area contributed by atoms with Crippen LogP contribution in [0.3, 0.4) is 0 Å². The second kappa shape index (κ2) is 11.0. The van der Waals surface area contributed by atoms with Crippen molar-refractivity contribution in [3.63, 3.8) is 0 Å². The van der Waals surface area contributed by atoms with Crippen LogP contribution in [0, 0.1) is 12.8 Å². The molecular weight excluding hydrogens is 454 g/mol. The molecule has 2 aliphatic carbocycles. The van der Waals surface area contributed by atoms with Crippen LogP contribution in [0.25, 0.3) is 10.9 Å². The van der Waals surface area contributed by atoms with E-state index >= 15 is 0 Å². The van der Waals surface area contributed by atoms with Crippen LogP contribution in [0.1, 0.15) is 68.9 Å². The Bertz CT molecular complexity index is 1110. The predicted molar refractivity (Wildman–Crippen MR) is 141 cm³/mol. The summed E-state index contributed by atoms with van der Waals surface area (Å²) >= 11 is 0. The van der Waals surface area contributed by atoms with Crippen LogP contribution in [0.4, 0.5) is 0 Å². The minimum absolute atomic E-state index is 0.0634. The molecule has 1 amide bonds. The van der Waals surface area contributed by atoms with Gasteiger partial charge >= 0.3 is 0 Å². The molecule has 3 aliphatic rings. The van der Waals surface area contributed by atoms with Crippen LogP contribution in [-0.4, -0.2) is 70.3 Å². The van der Waals surface area contributed by atoms with Gasteiger partial charge in [-0.05, 0) is 69.0 Å². The molecule has 1 saturated heterocycles. The van der Waals surface area contributed by atoms with Gasteiger partial charge in [-0.25, -0.2) is 0 Å². The SMILES string of the molecule is Cc1ccc2[nH]c(=O)c(CN(CC3(N4CCOCC4)CCCCC3)C(=O)C3CCC(O)CC3)cc2c1. The van der Waals surface area contributed by atoms with E-state index in [-0.39, 0.29) is 29.0 Å². The summed E-state index contributed by atoms with van der Waals surface area (Å²) in [5.74, 6) is 0.0596. The lowest BCUT2D eigenvalue weighted by Gasteiger charge is -2.50. The van der Waals surface area contributed by atoms with Gasteiger partial charge in [0.15, 0.2) is 0 Å². The largest absolute Gasteiger partial charge is 0.393 e. The Kier molecular flexibility index (Phi) is 7.79. The standard InChI is InChI=1S/C29H41N3O4/c1-21-5-10-26-23(17-21)18-24(27(34)30-26)19-31(28(35)22-6-8-25(33)9-7-22)20-29(11-3-2-4-12-29)32-13-15-36-16-14-32/h5,10,17-18,22,25,33H,2-4,6-9,11-16,19-20H2,1H3,(H,30,34). The van der Waals surface area contributed by atoms with Crippen LogP contribution in [-0.2, 0) is 16.1 Å². The first-order valence-corrected chi connectivity index (χ1v) is 13.9. The highest BCUT2D eigenvalue weighted by atomic mass is 16.5. The molecular formula is C29H41N3O4. The van der Waals surface area contributed by atoms with Crippen molar-refractivity contribution in [1.82, 2.24) is 14.8 Å². The van der Waals surface area contributed by atoms with Crippen LogP contribution in [0.5, 0.6) is 0 Å². The number of hydrogen-bond acceptors (Lipinski definition) is 5. The number of amides is 1. The van der Waals surface area contributed by atoms with Gasteiger partial charge in [-0.15, -0.1) is 0 Å². The molecule has 2 heterocycles. The fraction of sp³-hybridized carbons (Fsp3) is 0.655. The number of aryl methyl sites for hydroxylation is 1. The minimum Gasteiger partial charge on any atom is -0.393 e. The molecule has 196 valence electrons. The number of aliphatic hydroxyl groups is 1. The molecule has 5 rings (SSSR count). The zero-order chi connectivity index (χ0) is 25.1. The quantitative estimate of drug-likeness (QED) is 0.638. The number of carbonyl (C=O) groups is 1. The molecule has 0 bridgehead atoms. The Morgan fingerprint density at radius 1 is 1.11 bits per heavy atom. The van der Waals surface area contributed by atoms with Gasteiger partial charge in [-0.1, -0.05) is 30.9 Å². The molecule has 1 aromatic carbocycles. The van der Waals surface area contributed by atoms with E-state index in [0.29, 0.717) is 44.3 Å². The fourth-order valence-corrected chi connectivity index (χ4v) is 6.66. The number of nitrogens with one attached hydrogen (secondary N) is 1. The van der Waals surface area contributed by atoms with Crippen LogP contribution in [0.2, 0.25) is 0 Å². The van der Waals surface area contributed by atoms with Crippen LogP contribution < -0.4 is 5.56 Å². The normalized spacial score (nSPS) is 25.1. The third kappa shape index (κ3) is 5.53. The van der Waals surface area contributed by atoms with Gasteiger partial charge in [-0.2, -0.15) is 0 Å². The summed E-state index contributed by atoms with van der Waals surface area (Å²) in [4.78, 5) is 34.7. The molecule has 0 atom stereocenters. The van der Waals surface area contributed by atoms with Crippen molar-refractivity contribution in [3.05, 3.63) is 45.7 Å². The topological polar surface area (TPSA) is 85.9 Å². The van der Waals surface area contributed by atoms with Gasteiger partial charge in [0.2, 0.25) is 5.91 Å². The van der Waals surface area contributed by atoms with Crippen LogP contribution in [0.15, 0.2) is 29.1 Å². The van der Waals surface area contributed by atoms with E-state index in [9.17, 15) is 14.7 Å². The maximum absolute atomic E-state index is 14.0. The number of pyridine rings is 1. The number of aliphatic hydroxyl groups excluding tert-OH is 1. The zero-order valence-corrected chi connectivity index (χ0v) is 21.6. The highest BCUT2D eigenvalue weighted by Gasteiger charge is 2.42. The molecule has 0 radical (unpaired) electrons. The Hall–Kier alpha value is -2.22. The second-order valence-corrected chi connectivity index (χ2v) is 11.3. The first-order chi connectivity index (χ1) is 17.4. The van der Waals surface area contributed by atoms with Crippen molar-refractivity contribution in [1.29, 1.82) is 0 Å². The number of aromatic nitrogens is 1. The van der Waals surface area contributed by atoms with Crippen LogP contribution >= 0.6 is 0 Å². The lowest BCUT2D eigenvalue weighted by atomic mass is 9.78. The number of rotatable bonds is 6. The number of benzene rings is 1. The highest BCUT2D eigenvalue weighted by molar-refractivity contribution is 5.81. The van der Waals surface area contributed by atoms with E-state index in [0.717, 1.165) is 55.6 Å². The number of hydrogen-bond donors (Lipinski definition) is 2. The molecule has 7 nitrogen and oxygen atoms in total. The summed E-state index contributed by atoms with van der Waals surface area (Å²) in [6, 6.07) is 8.00. The average molecular weight is 496 g/mol. The molecule has 2 saturated carbocycles. The Balaban J connectivity index is 1.47. The molecule has 1 aromatic heterocycles. The van der Waals surface area contributed by atoms with Crippen molar-refractivity contribution >= 4 is 16.8 Å². The third-order valence-electron chi connectivity index (χ3n) is 8.75. The number of H-pyrrole nitrogens is 1. The van der Waals surface area contributed by atoms with E-state index in [1.54, 1.807) is 0 Å². The predicted octanol–water partition coefficient (Wildman–Crippen LogP) is 3.75. The van der Waals surface area contributed by atoms with Crippen molar-refractivity contribution in [2.75, 3.05) is 32.8 Å². The summed E-state index contributed by atoms with van der Waals surface area (Å²) in [5.41, 5.74) is 2.43. The monoisotopic (exact) mass is 495 g/mol. The van der Waals surface area contributed by atoms with Gasteiger partial charge in [0.1, 0.15) is 0 Å². The molecule has 2 aromatic rings. The summed E-state index contributed by atoms with van der Waals surface area (Å²) in [5, 5.41) is 11.0. The maximum Gasteiger partial charge on any atom is 0.253 e. The van der Waals surface area contributed by atoms with E-state index in [4.69, 9.17) is 4.74 Å². The van der Waals surface area contributed by atoms with Crippen molar-refractivity contribution < 1.29 is 14.6 Å². The first-order valence-electron chi connectivity index (χ1n) is 13.9. The number of fused-ring (bicyclic) bond motifs is 1. The Morgan fingerprint density at radius 2 is 1.83 bits per heavy atom. The van der Waals surface area contributed by atoms with E-state index in [1.807, 2.05) is 30.0 Å². The van der Waals surface area contributed by atoms with Gasteiger partial charge < -0.3 is 19.7 Å². The zero-order valence-electron chi connectivity index (χ0n) is 21.6. The van der Waals surface area contributed by atoms with Gasteiger partial charge in [0.25, 0.3) is 5.56 Å². The lowest BCUT2D eigenvalue weighted by molar-refractivity contribution is -0.142. The minimum atomic E-state index is -0.299. The first kappa shape index (κ1) is 25.4. The number of nitrogens with zero attached hydrogens (tertiary/aromatic N) is 2. The number of ether oxygens (including phenoxy) is 1. The Morgan fingerprint density at radius 3 is 2.56 bits per heavy atom. The van der Waals surface area contributed by atoms with Crippen molar-refractivity contribution in [2.24, 2.45) is 5.92 Å². The summed E-state index contributed by atoms with van der Waals surface area (Å²) in [7, 11) is 0. The van der Waals surface area contributed by atoms with E-state index in [2.05, 4.69) is 16.0 Å². The third-order valence-corrected chi connectivity index (χ3v) is 8.75. The van der Waals surface area contributed by atoms with E-state index < -0.39 is 0 Å². The highest BCUT2D eigenvalue weighted by Crippen LogP contribution is 2.36. The molecule has 3 fully saturated rings.